The van der Waals surface area contributed by atoms with E-state index in [4.69, 9.17) is 10.5 Å². The standard InChI is InChI=1S/C15H18F2N2O2S/c16-10-5-12(17)14(9-1-3-22-4-2-9)13(6-10)19-8-11(7-18)21-15(19)20/h5-6,9,11H,1-4,7-8,18H2/t11-/m0/s1. The average molecular weight is 328 g/mol. The van der Waals surface area contributed by atoms with Crippen molar-refractivity contribution < 1.29 is 18.3 Å². The lowest BCUT2D eigenvalue weighted by Crippen LogP contribution is -2.29. The molecule has 0 saturated carbocycles. The summed E-state index contributed by atoms with van der Waals surface area (Å²) in [6.45, 7) is 0.419. The van der Waals surface area contributed by atoms with Crippen LogP contribution in [0.3, 0.4) is 0 Å². The summed E-state index contributed by atoms with van der Waals surface area (Å²) in [5.41, 5.74) is 6.24. The van der Waals surface area contributed by atoms with Crippen LogP contribution in [0.2, 0.25) is 0 Å². The predicted octanol–water partition coefficient (Wildman–Crippen LogP) is 2.86. The number of rotatable bonds is 3. The first-order valence-electron chi connectivity index (χ1n) is 7.35. The first-order chi connectivity index (χ1) is 10.6. The number of benzene rings is 1. The molecule has 1 aromatic carbocycles. The minimum atomic E-state index is -0.689. The topological polar surface area (TPSA) is 55.6 Å². The Bertz CT molecular complexity index is 579. The number of nitrogens with two attached hydrogens (primary N) is 1. The number of anilines is 1. The van der Waals surface area contributed by atoms with Crippen LogP contribution in [0.4, 0.5) is 19.3 Å². The highest BCUT2D eigenvalue weighted by molar-refractivity contribution is 7.99. The molecular weight excluding hydrogens is 310 g/mol. The number of carbonyl (C=O) groups is 1. The van der Waals surface area contributed by atoms with Gasteiger partial charge < -0.3 is 10.5 Å². The lowest BCUT2D eigenvalue weighted by Gasteiger charge is -2.27. The van der Waals surface area contributed by atoms with E-state index in [1.807, 2.05) is 11.8 Å². The summed E-state index contributed by atoms with van der Waals surface area (Å²) in [6, 6.07) is 2.11. The lowest BCUT2D eigenvalue weighted by molar-refractivity contribution is 0.145. The molecule has 7 heteroatoms. The van der Waals surface area contributed by atoms with E-state index in [1.54, 1.807) is 0 Å². The minimum Gasteiger partial charge on any atom is -0.443 e. The van der Waals surface area contributed by atoms with Crippen LogP contribution in [-0.4, -0.2) is 36.8 Å². The molecule has 22 heavy (non-hydrogen) atoms. The van der Waals surface area contributed by atoms with E-state index in [2.05, 4.69) is 0 Å². The van der Waals surface area contributed by atoms with Crippen LogP contribution in [0.15, 0.2) is 12.1 Å². The average Bonchev–Trinajstić information content (AvgIpc) is 2.88. The predicted molar refractivity (Wildman–Crippen MR) is 82.3 cm³/mol. The largest absolute Gasteiger partial charge is 0.443 e. The molecule has 4 nitrogen and oxygen atoms in total. The number of cyclic esters (lactones) is 1. The minimum absolute atomic E-state index is 0.00146. The van der Waals surface area contributed by atoms with Crippen molar-refractivity contribution in [3.63, 3.8) is 0 Å². The number of halogens is 2. The SMILES string of the molecule is NC[C@H]1CN(c2cc(F)cc(F)c2C2CCSCC2)C(=O)O1. The van der Waals surface area contributed by atoms with Crippen molar-refractivity contribution >= 4 is 23.5 Å². The fraction of sp³-hybridized carbons (Fsp3) is 0.533. The van der Waals surface area contributed by atoms with Gasteiger partial charge in [0, 0.05) is 18.2 Å². The summed E-state index contributed by atoms with van der Waals surface area (Å²) in [6.07, 6.45) is 0.618. The van der Waals surface area contributed by atoms with Crippen molar-refractivity contribution in [2.45, 2.75) is 24.9 Å². The van der Waals surface area contributed by atoms with Gasteiger partial charge in [0.1, 0.15) is 17.7 Å². The third-order valence-corrected chi connectivity index (χ3v) is 5.18. The van der Waals surface area contributed by atoms with Gasteiger partial charge in [-0.1, -0.05) is 0 Å². The molecule has 1 amide bonds. The normalized spacial score (nSPS) is 23.0. The van der Waals surface area contributed by atoms with Crippen molar-refractivity contribution in [2.24, 2.45) is 5.73 Å². The Balaban J connectivity index is 2.00. The Morgan fingerprint density at radius 3 is 2.68 bits per heavy atom. The summed E-state index contributed by atoms with van der Waals surface area (Å²) in [4.78, 5) is 13.3. The number of ether oxygens (including phenoxy) is 1. The van der Waals surface area contributed by atoms with E-state index in [9.17, 15) is 13.6 Å². The van der Waals surface area contributed by atoms with E-state index < -0.39 is 23.8 Å². The third-order valence-electron chi connectivity index (χ3n) is 4.13. The van der Waals surface area contributed by atoms with Gasteiger partial charge in [-0.05, 0) is 36.3 Å². The molecule has 0 unspecified atom stereocenters. The number of amides is 1. The second-order valence-corrected chi connectivity index (χ2v) is 6.78. The molecule has 0 radical (unpaired) electrons. The molecule has 0 bridgehead atoms. The van der Waals surface area contributed by atoms with Crippen LogP contribution in [0, 0.1) is 11.6 Å². The maximum Gasteiger partial charge on any atom is 0.414 e. The van der Waals surface area contributed by atoms with Gasteiger partial charge in [-0.2, -0.15) is 11.8 Å². The van der Waals surface area contributed by atoms with Crippen LogP contribution in [0.25, 0.3) is 0 Å². The molecule has 2 fully saturated rings. The first kappa shape index (κ1) is 15.6. The first-order valence-corrected chi connectivity index (χ1v) is 8.50. The highest BCUT2D eigenvalue weighted by Gasteiger charge is 2.35. The number of thioether (sulfide) groups is 1. The van der Waals surface area contributed by atoms with Crippen molar-refractivity contribution in [1.29, 1.82) is 0 Å². The molecule has 3 rings (SSSR count). The van der Waals surface area contributed by atoms with Crippen LogP contribution in [-0.2, 0) is 4.74 Å². The Morgan fingerprint density at radius 2 is 2.05 bits per heavy atom. The molecule has 2 heterocycles. The van der Waals surface area contributed by atoms with Crippen molar-refractivity contribution in [1.82, 2.24) is 0 Å². The van der Waals surface area contributed by atoms with Crippen LogP contribution >= 0.6 is 11.8 Å². The van der Waals surface area contributed by atoms with Gasteiger partial charge in [0.15, 0.2) is 0 Å². The van der Waals surface area contributed by atoms with Gasteiger partial charge in [0.2, 0.25) is 0 Å². The molecule has 120 valence electrons. The fourth-order valence-electron chi connectivity index (χ4n) is 3.03. The Hall–Kier alpha value is -1.34. The number of nitrogens with zero attached hydrogens (tertiary/aromatic N) is 1. The molecular formula is C15H18F2N2O2S. The zero-order chi connectivity index (χ0) is 15.7. The molecule has 1 aromatic rings. The summed E-state index contributed by atoms with van der Waals surface area (Å²) in [5.74, 6) is 0.607. The van der Waals surface area contributed by atoms with Gasteiger partial charge >= 0.3 is 6.09 Å². The molecule has 2 aliphatic heterocycles. The van der Waals surface area contributed by atoms with Gasteiger partial charge in [-0.25, -0.2) is 13.6 Å². The molecule has 2 aliphatic rings. The van der Waals surface area contributed by atoms with E-state index in [1.165, 1.54) is 11.0 Å². The zero-order valence-electron chi connectivity index (χ0n) is 12.1. The Morgan fingerprint density at radius 1 is 1.32 bits per heavy atom. The summed E-state index contributed by atoms with van der Waals surface area (Å²) >= 11 is 1.83. The zero-order valence-corrected chi connectivity index (χ0v) is 12.9. The molecule has 1 atom stereocenters. The summed E-state index contributed by atoms with van der Waals surface area (Å²) in [5, 5.41) is 0. The monoisotopic (exact) mass is 328 g/mol. The number of carbonyl (C=O) groups excluding carboxylic acids is 1. The van der Waals surface area contributed by atoms with E-state index in [-0.39, 0.29) is 24.7 Å². The third kappa shape index (κ3) is 2.92. The quantitative estimate of drug-likeness (QED) is 0.927. The van der Waals surface area contributed by atoms with Gasteiger partial charge in [0.25, 0.3) is 0 Å². The van der Waals surface area contributed by atoms with Crippen molar-refractivity contribution in [2.75, 3.05) is 29.5 Å². The maximum atomic E-state index is 14.4. The van der Waals surface area contributed by atoms with E-state index in [0.29, 0.717) is 5.56 Å². The van der Waals surface area contributed by atoms with Crippen LogP contribution < -0.4 is 10.6 Å². The number of hydrogen-bond donors (Lipinski definition) is 1. The molecule has 2 N–H and O–H groups in total. The molecule has 0 aliphatic carbocycles. The summed E-state index contributed by atoms with van der Waals surface area (Å²) < 4.78 is 33.2. The smallest absolute Gasteiger partial charge is 0.414 e. The Kier molecular flexibility index (Phi) is 4.54. The lowest BCUT2D eigenvalue weighted by atomic mass is 9.91. The van der Waals surface area contributed by atoms with Crippen LogP contribution in [0.1, 0.15) is 24.3 Å². The fourth-order valence-corrected chi connectivity index (χ4v) is 4.13. The number of hydrogen-bond acceptors (Lipinski definition) is 4. The van der Waals surface area contributed by atoms with Crippen molar-refractivity contribution in [3.05, 3.63) is 29.3 Å². The second kappa shape index (κ2) is 6.42. The van der Waals surface area contributed by atoms with Crippen LogP contribution in [0.5, 0.6) is 0 Å². The summed E-state index contributed by atoms with van der Waals surface area (Å²) in [7, 11) is 0. The van der Waals surface area contributed by atoms with E-state index in [0.717, 1.165) is 30.4 Å². The highest BCUT2D eigenvalue weighted by Crippen LogP contribution is 2.40. The Labute approximate surface area is 132 Å². The van der Waals surface area contributed by atoms with Gasteiger partial charge in [-0.3, -0.25) is 4.90 Å². The molecule has 2 saturated heterocycles. The van der Waals surface area contributed by atoms with Gasteiger partial charge in [0.05, 0.1) is 12.2 Å². The highest BCUT2D eigenvalue weighted by atomic mass is 32.2. The van der Waals surface area contributed by atoms with Crippen molar-refractivity contribution in [3.8, 4) is 0 Å². The molecule has 0 spiro atoms. The van der Waals surface area contributed by atoms with E-state index >= 15 is 0 Å². The van der Waals surface area contributed by atoms with Gasteiger partial charge in [-0.15, -0.1) is 0 Å². The maximum absolute atomic E-state index is 14.4. The second-order valence-electron chi connectivity index (χ2n) is 5.56. The molecule has 0 aromatic heterocycles.